The van der Waals surface area contributed by atoms with Crippen LogP contribution in [-0.2, 0) is 0 Å². The molecule has 0 amide bonds. The Bertz CT molecular complexity index is 268. The summed E-state index contributed by atoms with van der Waals surface area (Å²) in [5, 5.41) is 8.62. The van der Waals surface area contributed by atoms with Gasteiger partial charge < -0.3 is 9.84 Å². The normalized spacial score (nSPS) is 9.18. The van der Waals surface area contributed by atoms with E-state index in [-0.39, 0.29) is 5.56 Å². The van der Waals surface area contributed by atoms with Crippen LogP contribution >= 0.6 is 0 Å². The van der Waals surface area contributed by atoms with Gasteiger partial charge in [0.25, 0.3) is 0 Å². The van der Waals surface area contributed by atoms with E-state index in [2.05, 4.69) is 0 Å². The summed E-state index contributed by atoms with van der Waals surface area (Å²) < 4.78 is 4.83. The van der Waals surface area contributed by atoms with Gasteiger partial charge in [0.1, 0.15) is 11.3 Å². The lowest BCUT2D eigenvalue weighted by Gasteiger charge is -2.01. The van der Waals surface area contributed by atoms with Crippen molar-refractivity contribution >= 4 is 5.97 Å². The van der Waals surface area contributed by atoms with Crippen LogP contribution in [0.25, 0.3) is 0 Å². The lowest BCUT2D eigenvalue weighted by molar-refractivity contribution is 0.0693. The average Bonchev–Trinajstić information content (AvgIpc) is 2.04. The molecule has 0 unspecified atom stereocenters. The summed E-state index contributed by atoms with van der Waals surface area (Å²) in [5.74, 6) is -0.581. The number of rotatable bonds is 2. The zero-order valence-electron chi connectivity index (χ0n) is 6.07. The molecule has 0 saturated carbocycles. The molecular weight excluding hydrogens is 150 g/mol. The fourth-order valence-electron chi connectivity index (χ4n) is 0.821. The van der Waals surface area contributed by atoms with Gasteiger partial charge >= 0.3 is 5.97 Å². The van der Waals surface area contributed by atoms with E-state index in [0.717, 1.165) is 0 Å². The van der Waals surface area contributed by atoms with Crippen molar-refractivity contribution in [2.24, 2.45) is 0 Å². The minimum absolute atomic E-state index is 0.190. The summed E-state index contributed by atoms with van der Waals surface area (Å²) in [6.45, 7) is 0. The summed E-state index contributed by atoms with van der Waals surface area (Å²) in [5.41, 5.74) is 0.190. The lowest BCUT2D eigenvalue weighted by atomic mass is 10.9. The summed E-state index contributed by atoms with van der Waals surface area (Å²) in [7, 11) is 1.45. The molecule has 0 aliphatic carbocycles. The van der Waals surface area contributed by atoms with Gasteiger partial charge in [0, 0.05) is 0 Å². The van der Waals surface area contributed by atoms with Crippen molar-refractivity contribution in [3.63, 3.8) is 0 Å². The second kappa shape index (κ2) is 3.05. The fraction of sp³-hybridized carbons (Fsp3) is 0.125. The third-order valence-electron chi connectivity index (χ3n) is 1.34. The molecule has 0 saturated heterocycles. The molecule has 11 heavy (non-hydrogen) atoms. The smallest absolute Gasteiger partial charge is 0.339 e. The van der Waals surface area contributed by atoms with Crippen molar-refractivity contribution in [2.75, 3.05) is 7.11 Å². The monoisotopic (exact) mass is 158 g/mol. The van der Waals surface area contributed by atoms with Crippen LogP contribution in [-0.4, -0.2) is 18.2 Å². The first-order valence-corrected chi connectivity index (χ1v) is 3.12. The highest BCUT2D eigenvalue weighted by Crippen LogP contribution is 2.16. The number of carbonyl (C=O) groups is 1. The first-order valence-electron chi connectivity index (χ1n) is 3.12. The topological polar surface area (TPSA) is 46.5 Å². The van der Waals surface area contributed by atoms with Gasteiger partial charge in [-0.2, -0.15) is 0 Å². The number of carboxylic acids is 1. The Morgan fingerprint density at radius 1 is 1.45 bits per heavy atom. The Kier molecular flexibility index (Phi) is 2.11. The van der Waals surface area contributed by atoms with E-state index >= 15 is 0 Å². The highest BCUT2D eigenvalue weighted by atomic mass is 16.5. The average molecular weight is 158 g/mol. The summed E-state index contributed by atoms with van der Waals surface area (Å²) in [4.78, 5) is 10.5. The maximum absolute atomic E-state index is 10.5. The molecule has 1 aromatic rings. The first kappa shape index (κ1) is 7.60. The largest absolute Gasteiger partial charge is 0.496 e. The molecule has 0 aliphatic heterocycles. The zero-order chi connectivity index (χ0) is 8.27. The maximum atomic E-state index is 10.5. The van der Waals surface area contributed by atoms with E-state index in [1.165, 1.54) is 13.2 Å². The fourth-order valence-corrected chi connectivity index (χ4v) is 0.821. The van der Waals surface area contributed by atoms with E-state index in [1.807, 2.05) is 0 Å². The number of hydrogen-bond donors (Lipinski definition) is 1. The number of aromatic carboxylic acids is 1. The highest BCUT2D eigenvalue weighted by Gasteiger charge is 2.07. The van der Waals surface area contributed by atoms with Crippen molar-refractivity contribution in [2.45, 2.75) is 0 Å². The van der Waals surface area contributed by atoms with Crippen LogP contribution in [0.2, 0.25) is 0 Å². The molecule has 0 atom stereocenters. The van der Waals surface area contributed by atoms with Gasteiger partial charge in [-0.3, -0.25) is 0 Å². The molecular formula is C8H8O3. The summed E-state index contributed by atoms with van der Waals surface area (Å²) in [6, 6.07) is 6.50. The zero-order valence-corrected chi connectivity index (χ0v) is 6.07. The number of para-hydroxylation sites is 1. The third-order valence-corrected chi connectivity index (χ3v) is 1.34. The van der Waals surface area contributed by atoms with Crippen molar-refractivity contribution in [3.05, 3.63) is 29.8 Å². The van der Waals surface area contributed by atoms with Gasteiger partial charge in [0.15, 0.2) is 0 Å². The van der Waals surface area contributed by atoms with Crippen LogP contribution < -0.4 is 4.74 Å². The van der Waals surface area contributed by atoms with E-state index < -0.39 is 5.97 Å². The number of methoxy groups -OCH3 is 1. The molecule has 0 aromatic heterocycles. The second-order valence-corrected chi connectivity index (χ2v) is 2.01. The van der Waals surface area contributed by atoms with Gasteiger partial charge in [0.2, 0.25) is 0 Å². The minimum Gasteiger partial charge on any atom is -0.496 e. The van der Waals surface area contributed by atoms with Crippen LogP contribution in [0, 0.1) is 0 Å². The van der Waals surface area contributed by atoms with Crippen molar-refractivity contribution in [3.8, 4) is 5.75 Å². The van der Waals surface area contributed by atoms with E-state index in [9.17, 15) is 4.79 Å². The highest BCUT2D eigenvalue weighted by molar-refractivity contribution is 5.90. The predicted octanol–water partition coefficient (Wildman–Crippen LogP) is 1.39. The van der Waals surface area contributed by atoms with E-state index in [0.29, 0.717) is 5.75 Å². The molecule has 0 spiro atoms. The Morgan fingerprint density at radius 3 is 2.55 bits per heavy atom. The Morgan fingerprint density at radius 2 is 2.09 bits per heavy atom. The van der Waals surface area contributed by atoms with Gasteiger partial charge in [-0.05, 0) is 12.1 Å². The van der Waals surface area contributed by atoms with Crippen molar-refractivity contribution < 1.29 is 14.6 Å². The standard InChI is InChI=1S/C8H8O3/c1-11-7-5-3-2-4-6(7)8(9)10/h2-5H,1H3,(H,9,10)/i2+1,3+1,4+1,5+1,6+1,7+1. The molecule has 1 N–H and O–H groups in total. The molecule has 3 heteroatoms. The first-order chi connectivity index (χ1) is 5.25. The number of benzene rings is 1. The molecule has 1 aromatic carbocycles. The number of carboxylic acid groups (broad SMARTS) is 1. The summed E-state index contributed by atoms with van der Waals surface area (Å²) >= 11 is 0. The molecule has 0 radical (unpaired) electrons. The van der Waals surface area contributed by atoms with Crippen LogP contribution in [0.5, 0.6) is 5.75 Å². The Balaban J connectivity index is 3.12. The van der Waals surface area contributed by atoms with E-state index in [1.54, 1.807) is 18.2 Å². The molecule has 58 valence electrons. The van der Waals surface area contributed by atoms with Crippen LogP contribution in [0.3, 0.4) is 0 Å². The van der Waals surface area contributed by atoms with Crippen LogP contribution in [0.15, 0.2) is 24.3 Å². The third kappa shape index (κ3) is 1.49. The van der Waals surface area contributed by atoms with Gasteiger partial charge in [-0.25, -0.2) is 4.79 Å². The Hall–Kier alpha value is -1.51. The minimum atomic E-state index is -0.970. The quantitative estimate of drug-likeness (QED) is 0.707. The maximum Gasteiger partial charge on any atom is 0.339 e. The molecule has 0 bridgehead atoms. The van der Waals surface area contributed by atoms with Gasteiger partial charge in [-0.15, -0.1) is 0 Å². The van der Waals surface area contributed by atoms with Crippen molar-refractivity contribution in [1.29, 1.82) is 0 Å². The molecule has 1 rings (SSSR count). The molecule has 0 fully saturated rings. The number of hydrogen-bond acceptors (Lipinski definition) is 2. The molecule has 3 nitrogen and oxygen atoms in total. The predicted molar refractivity (Wildman–Crippen MR) is 40.0 cm³/mol. The van der Waals surface area contributed by atoms with Crippen molar-refractivity contribution in [1.82, 2.24) is 0 Å². The molecule has 0 heterocycles. The summed E-state index contributed by atoms with van der Waals surface area (Å²) in [6.07, 6.45) is 0. The van der Waals surface area contributed by atoms with Gasteiger partial charge in [-0.1, -0.05) is 12.1 Å². The van der Waals surface area contributed by atoms with Crippen LogP contribution in [0.4, 0.5) is 0 Å². The number of ether oxygens (including phenoxy) is 1. The SMILES string of the molecule is CO[13c]1[13cH][13cH][13cH][13cH][13c]1C(=O)O. The second-order valence-electron chi connectivity index (χ2n) is 2.01. The Labute approximate surface area is 64.2 Å². The van der Waals surface area contributed by atoms with Crippen LogP contribution in [0.1, 0.15) is 10.4 Å². The lowest BCUT2D eigenvalue weighted by Crippen LogP contribution is -1.99. The van der Waals surface area contributed by atoms with E-state index in [4.69, 9.17) is 9.84 Å². The molecule has 0 aliphatic rings. The van der Waals surface area contributed by atoms with Gasteiger partial charge in [0.05, 0.1) is 7.11 Å².